The van der Waals surface area contributed by atoms with Gasteiger partial charge in [0.25, 0.3) is 0 Å². The Bertz CT molecular complexity index is 515. The molecule has 0 aliphatic heterocycles. The van der Waals surface area contributed by atoms with Gasteiger partial charge in [0.15, 0.2) is 5.96 Å². The van der Waals surface area contributed by atoms with E-state index in [1.54, 1.807) is 0 Å². The molecule has 0 aromatic carbocycles. The summed E-state index contributed by atoms with van der Waals surface area (Å²) in [5.74, 6) is 1.88. The molecule has 1 aromatic rings. The molecule has 1 unspecified atom stereocenters. The van der Waals surface area contributed by atoms with Crippen LogP contribution in [0.3, 0.4) is 0 Å². The zero-order valence-electron chi connectivity index (χ0n) is 14.3. The van der Waals surface area contributed by atoms with Crippen molar-refractivity contribution in [2.24, 2.45) is 4.99 Å². The van der Waals surface area contributed by atoms with Crippen molar-refractivity contribution in [2.75, 3.05) is 13.1 Å². The molecule has 6 heteroatoms. The van der Waals surface area contributed by atoms with Crippen LogP contribution in [0.4, 0.5) is 0 Å². The SMILES string of the molecule is CCNC(=NCC(=O)OC(C)(C)C)NC(C)c1ccc(C)o1. The van der Waals surface area contributed by atoms with E-state index in [0.29, 0.717) is 12.5 Å². The summed E-state index contributed by atoms with van der Waals surface area (Å²) in [4.78, 5) is 16.0. The second-order valence-corrected chi connectivity index (χ2v) is 6.10. The first-order valence-electron chi connectivity index (χ1n) is 7.54. The molecule has 124 valence electrons. The summed E-state index contributed by atoms with van der Waals surface area (Å²) < 4.78 is 10.8. The van der Waals surface area contributed by atoms with Gasteiger partial charge in [-0.3, -0.25) is 4.79 Å². The number of rotatable bonds is 5. The molecule has 1 rings (SSSR count). The maximum absolute atomic E-state index is 11.7. The fourth-order valence-electron chi connectivity index (χ4n) is 1.80. The summed E-state index contributed by atoms with van der Waals surface area (Å²) in [5.41, 5.74) is -0.503. The van der Waals surface area contributed by atoms with Crippen molar-refractivity contribution in [3.63, 3.8) is 0 Å². The van der Waals surface area contributed by atoms with Gasteiger partial charge in [-0.15, -0.1) is 0 Å². The number of hydrogen-bond donors (Lipinski definition) is 2. The van der Waals surface area contributed by atoms with Crippen molar-refractivity contribution in [1.82, 2.24) is 10.6 Å². The third kappa shape index (κ3) is 6.65. The van der Waals surface area contributed by atoms with Crippen LogP contribution in [0.15, 0.2) is 21.5 Å². The van der Waals surface area contributed by atoms with Gasteiger partial charge in [-0.1, -0.05) is 0 Å². The number of nitrogens with zero attached hydrogens (tertiary/aromatic N) is 1. The van der Waals surface area contributed by atoms with Crippen molar-refractivity contribution < 1.29 is 13.9 Å². The molecule has 22 heavy (non-hydrogen) atoms. The third-order valence-electron chi connectivity index (χ3n) is 2.67. The van der Waals surface area contributed by atoms with Crippen molar-refractivity contribution in [3.8, 4) is 0 Å². The molecule has 1 atom stereocenters. The average molecular weight is 309 g/mol. The molecule has 0 aliphatic rings. The minimum atomic E-state index is -0.503. The Morgan fingerprint density at radius 1 is 1.41 bits per heavy atom. The monoisotopic (exact) mass is 309 g/mol. The first-order chi connectivity index (χ1) is 10.2. The summed E-state index contributed by atoms with van der Waals surface area (Å²) in [6.07, 6.45) is 0. The van der Waals surface area contributed by atoms with Gasteiger partial charge in [0.1, 0.15) is 23.7 Å². The molecule has 6 nitrogen and oxygen atoms in total. The summed E-state index contributed by atoms with van der Waals surface area (Å²) in [7, 11) is 0. The van der Waals surface area contributed by atoms with Gasteiger partial charge in [-0.05, 0) is 53.7 Å². The number of carbonyl (C=O) groups excluding carboxylic acids is 1. The van der Waals surface area contributed by atoms with Gasteiger partial charge in [0.05, 0.1) is 6.04 Å². The topological polar surface area (TPSA) is 75.9 Å². The minimum Gasteiger partial charge on any atom is -0.464 e. The molecule has 2 N–H and O–H groups in total. The molecule has 0 aliphatic carbocycles. The lowest BCUT2D eigenvalue weighted by Crippen LogP contribution is -2.39. The number of nitrogens with one attached hydrogen (secondary N) is 2. The molecule has 1 heterocycles. The van der Waals surface area contributed by atoms with E-state index < -0.39 is 5.60 Å². The lowest BCUT2D eigenvalue weighted by Gasteiger charge is -2.19. The van der Waals surface area contributed by atoms with Crippen LogP contribution in [0, 0.1) is 6.92 Å². The molecule has 0 amide bonds. The van der Waals surface area contributed by atoms with E-state index in [2.05, 4.69) is 15.6 Å². The van der Waals surface area contributed by atoms with Crippen molar-refractivity contribution in [1.29, 1.82) is 0 Å². The Morgan fingerprint density at radius 3 is 2.59 bits per heavy atom. The highest BCUT2D eigenvalue weighted by Crippen LogP contribution is 2.15. The van der Waals surface area contributed by atoms with E-state index in [9.17, 15) is 4.79 Å². The Morgan fingerprint density at radius 2 is 2.09 bits per heavy atom. The quantitative estimate of drug-likeness (QED) is 0.496. The second-order valence-electron chi connectivity index (χ2n) is 6.10. The van der Waals surface area contributed by atoms with E-state index in [1.807, 2.05) is 53.7 Å². The Hall–Kier alpha value is -1.98. The lowest BCUT2D eigenvalue weighted by atomic mass is 10.2. The molecular formula is C16H27N3O3. The molecule has 0 spiro atoms. The van der Waals surface area contributed by atoms with E-state index in [1.165, 1.54) is 0 Å². The molecule has 1 aromatic heterocycles. The van der Waals surface area contributed by atoms with E-state index in [4.69, 9.17) is 9.15 Å². The van der Waals surface area contributed by atoms with Gasteiger partial charge >= 0.3 is 5.97 Å². The summed E-state index contributed by atoms with van der Waals surface area (Å²) in [6, 6.07) is 3.79. The van der Waals surface area contributed by atoms with Gasteiger partial charge in [-0.2, -0.15) is 0 Å². The van der Waals surface area contributed by atoms with Crippen LogP contribution in [0.25, 0.3) is 0 Å². The highest BCUT2D eigenvalue weighted by Gasteiger charge is 2.16. The van der Waals surface area contributed by atoms with E-state index in [-0.39, 0.29) is 18.6 Å². The standard InChI is InChI=1S/C16H27N3O3/c1-7-17-15(18-10-14(20)22-16(4,5)6)19-12(3)13-9-8-11(2)21-13/h8-9,12H,7,10H2,1-6H3,(H2,17,18,19). The number of guanidine groups is 1. The van der Waals surface area contributed by atoms with Crippen molar-refractivity contribution in [2.45, 2.75) is 53.2 Å². The van der Waals surface area contributed by atoms with Crippen LogP contribution in [0.1, 0.15) is 52.2 Å². The molecule has 0 radical (unpaired) electrons. The van der Waals surface area contributed by atoms with Crippen LogP contribution < -0.4 is 10.6 Å². The largest absolute Gasteiger partial charge is 0.464 e. The molecular weight excluding hydrogens is 282 g/mol. The number of carbonyl (C=O) groups is 1. The summed E-state index contributed by atoms with van der Waals surface area (Å²) in [5, 5.41) is 6.30. The first-order valence-corrected chi connectivity index (χ1v) is 7.54. The molecule has 0 saturated heterocycles. The summed E-state index contributed by atoms with van der Waals surface area (Å²) in [6.45, 7) is 12.0. The van der Waals surface area contributed by atoms with Crippen LogP contribution >= 0.6 is 0 Å². The number of esters is 1. The highest BCUT2D eigenvalue weighted by molar-refractivity contribution is 5.83. The Labute approximate surface area is 132 Å². The number of aryl methyl sites for hydroxylation is 1. The normalized spacial score (nSPS) is 13.6. The van der Waals surface area contributed by atoms with Gasteiger partial charge < -0.3 is 19.8 Å². The Kier molecular flexibility index (Phi) is 6.46. The van der Waals surface area contributed by atoms with Gasteiger partial charge in [0, 0.05) is 6.54 Å². The van der Waals surface area contributed by atoms with Gasteiger partial charge in [-0.25, -0.2) is 4.99 Å². The van der Waals surface area contributed by atoms with E-state index >= 15 is 0 Å². The third-order valence-corrected chi connectivity index (χ3v) is 2.67. The molecule has 0 saturated carbocycles. The minimum absolute atomic E-state index is 0.0312. The van der Waals surface area contributed by atoms with Crippen LogP contribution in [-0.2, 0) is 9.53 Å². The smallest absolute Gasteiger partial charge is 0.328 e. The highest BCUT2D eigenvalue weighted by atomic mass is 16.6. The number of hydrogen-bond acceptors (Lipinski definition) is 4. The first kappa shape index (κ1) is 18.1. The van der Waals surface area contributed by atoms with Crippen LogP contribution in [-0.4, -0.2) is 30.6 Å². The predicted octanol–water partition coefficient (Wildman–Crippen LogP) is 2.55. The predicted molar refractivity (Wildman–Crippen MR) is 86.8 cm³/mol. The second kappa shape index (κ2) is 7.87. The fourth-order valence-corrected chi connectivity index (χ4v) is 1.80. The lowest BCUT2D eigenvalue weighted by molar-refractivity contribution is -0.152. The number of furan rings is 1. The number of aliphatic imine (C=N–C) groups is 1. The molecule has 0 bridgehead atoms. The zero-order chi connectivity index (χ0) is 16.8. The van der Waals surface area contributed by atoms with Crippen LogP contribution in [0.2, 0.25) is 0 Å². The van der Waals surface area contributed by atoms with Crippen molar-refractivity contribution >= 4 is 11.9 Å². The number of ether oxygens (including phenoxy) is 1. The van der Waals surface area contributed by atoms with Gasteiger partial charge in [0.2, 0.25) is 0 Å². The fraction of sp³-hybridized carbons (Fsp3) is 0.625. The maximum Gasteiger partial charge on any atom is 0.328 e. The van der Waals surface area contributed by atoms with Crippen molar-refractivity contribution in [3.05, 3.63) is 23.7 Å². The van der Waals surface area contributed by atoms with Crippen LogP contribution in [0.5, 0.6) is 0 Å². The zero-order valence-corrected chi connectivity index (χ0v) is 14.3. The molecule has 0 fully saturated rings. The summed E-state index contributed by atoms with van der Waals surface area (Å²) >= 11 is 0. The average Bonchev–Trinajstić information content (AvgIpc) is 2.81. The maximum atomic E-state index is 11.7. The van der Waals surface area contributed by atoms with E-state index in [0.717, 1.165) is 11.5 Å². The Balaban J connectivity index is 2.64.